The maximum Gasteiger partial charge on any atom is 0.312 e. The molecule has 0 bridgehead atoms. The Labute approximate surface area is 298 Å². The molecule has 0 aliphatic carbocycles. The molecule has 1 unspecified atom stereocenters. The third kappa shape index (κ3) is 15.6. The van der Waals surface area contributed by atoms with Gasteiger partial charge in [-0.2, -0.15) is 0 Å². The average molecular weight is 716 g/mol. The fraction of sp³-hybridized carbons (Fsp3) is 0.571. The van der Waals surface area contributed by atoms with Crippen molar-refractivity contribution >= 4 is 47.2 Å². The topological polar surface area (TPSA) is 238 Å². The summed E-state index contributed by atoms with van der Waals surface area (Å²) in [4.78, 5) is 87.4. The molecule has 7 amide bonds. The van der Waals surface area contributed by atoms with Crippen molar-refractivity contribution in [2.45, 2.75) is 98.1 Å². The van der Waals surface area contributed by atoms with Gasteiger partial charge in [0.2, 0.25) is 29.5 Å². The fourth-order valence-corrected chi connectivity index (χ4v) is 4.80. The van der Waals surface area contributed by atoms with Gasteiger partial charge in [-0.3, -0.25) is 28.8 Å². The lowest BCUT2D eigenvalue weighted by atomic mass is 9.97. The molecule has 16 nitrogen and oxygen atoms in total. The summed E-state index contributed by atoms with van der Waals surface area (Å²) in [7, 11) is 0. The molecule has 0 aromatic heterocycles. The third-order valence-corrected chi connectivity index (χ3v) is 7.80. The van der Waals surface area contributed by atoms with Gasteiger partial charge in [0.05, 0.1) is 5.41 Å². The van der Waals surface area contributed by atoms with Gasteiger partial charge in [0, 0.05) is 31.3 Å². The molecule has 1 aromatic rings. The second-order valence-corrected chi connectivity index (χ2v) is 13.7. The van der Waals surface area contributed by atoms with E-state index in [1.54, 1.807) is 58.9 Å². The van der Waals surface area contributed by atoms with Gasteiger partial charge in [-0.25, -0.2) is 4.79 Å². The second-order valence-electron chi connectivity index (χ2n) is 13.7. The zero-order valence-electron chi connectivity index (χ0n) is 30.1. The minimum Gasteiger partial charge on any atom is -0.460 e. The van der Waals surface area contributed by atoms with E-state index < -0.39 is 53.4 Å². The maximum absolute atomic E-state index is 13.4. The monoisotopic (exact) mass is 715 g/mol. The van der Waals surface area contributed by atoms with E-state index in [9.17, 15) is 38.7 Å². The quantitative estimate of drug-likeness (QED) is 0.0757. The first-order valence-corrected chi connectivity index (χ1v) is 17.1. The summed E-state index contributed by atoms with van der Waals surface area (Å²) >= 11 is 0. The van der Waals surface area contributed by atoms with Crippen LogP contribution in [0.4, 0.5) is 10.5 Å². The predicted octanol–water partition coefficient (Wildman–Crippen LogP) is 1.18. The fourth-order valence-electron chi connectivity index (χ4n) is 4.80. The van der Waals surface area contributed by atoms with E-state index in [4.69, 9.17) is 10.5 Å². The molecule has 0 fully saturated rings. The number of amides is 7. The lowest BCUT2D eigenvalue weighted by Gasteiger charge is -2.25. The van der Waals surface area contributed by atoms with E-state index in [1.807, 2.05) is 0 Å². The number of hydrogen-bond donors (Lipinski definition) is 7. The molecule has 0 saturated heterocycles. The summed E-state index contributed by atoms with van der Waals surface area (Å²) in [5.74, 6) is -2.88. The number of nitrogens with one attached hydrogen (secondary N) is 5. The minimum atomic E-state index is -1.12. The summed E-state index contributed by atoms with van der Waals surface area (Å²) in [6, 6.07) is 4.07. The average Bonchev–Trinajstić information content (AvgIpc) is 3.37. The van der Waals surface area contributed by atoms with Gasteiger partial charge < -0.3 is 47.1 Å². The van der Waals surface area contributed by atoms with Crippen molar-refractivity contribution in [2.75, 3.05) is 25.0 Å². The van der Waals surface area contributed by atoms with Crippen LogP contribution in [0, 0.1) is 11.3 Å². The summed E-state index contributed by atoms with van der Waals surface area (Å²) in [5.41, 5.74) is 5.68. The number of ether oxygens (including phenoxy) is 1. The number of nitrogens with two attached hydrogens (primary N) is 1. The molecule has 3 atom stereocenters. The molecule has 0 saturated carbocycles. The van der Waals surface area contributed by atoms with Gasteiger partial charge in [0.25, 0.3) is 0 Å². The highest BCUT2D eigenvalue weighted by molar-refractivity contribution is 5.98. The van der Waals surface area contributed by atoms with E-state index >= 15 is 0 Å². The van der Waals surface area contributed by atoms with Crippen molar-refractivity contribution in [2.24, 2.45) is 17.1 Å². The lowest BCUT2D eigenvalue weighted by Crippen LogP contribution is -2.54. The Kier molecular flexibility index (Phi) is 17.1. The number of carbonyl (C=O) groups excluding carboxylic acids is 7. The van der Waals surface area contributed by atoms with E-state index in [-0.39, 0.29) is 50.3 Å². The number of aliphatic hydroxyl groups is 1. The highest BCUT2D eigenvalue weighted by atomic mass is 16.5. The van der Waals surface area contributed by atoms with Gasteiger partial charge in [0.15, 0.2) is 0 Å². The molecule has 282 valence electrons. The summed E-state index contributed by atoms with van der Waals surface area (Å²) in [6.45, 7) is 9.15. The molecule has 16 heteroatoms. The zero-order valence-corrected chi connectivity index (χ0v) is 30.1. The van der Waals surface area contributed by atoms with Crippen LogP contribution in [0.2, 0.25) is 0 Å². The SMILES string of the molecule is CC(C)[C@H](NC(=O)CCCCCNC(=O)CN1C(=O)C=CC1O)C(=O)N[C@@H](CCCNC(N)=O)C(=O)Nc1ccc(COC(=O)C(C)(C)C)cc1. The first-order valence-electron chi connectivity index (χ1n) is 17.1. The summed E-state index contributed by atoms with van der Waals surface area (Å²) < 4.78 is 5.33. The second kappa shape index (κ2) is 20.6. The molecule has 1 aromatic carbocycles. The molecule has 1 heterocycles. The number of esters is 1. The highest BCUT2D eigenvalue weighted by Gasteiger charge is 2.29. The van der Waals surface area contributed by atoms with Crippen molar-refractivity contribution in [3.8, 4) is 0 Å². The van der Waals surface area contributed by atoms with Gasteiger partial charge in [-0.15, -0.1) is 0 Å². The van der Waals surface area contributed by atoms with E-state index in [1.165, 1.54) is 12.2 Å². The number of rotatable bonds is 20. The van der Waals surface area contributed by atoms with Crippen molar-refractivity contribution < 1.29 is 43.4 Å². The van der Waals surface area contributed by atoms with Crippen LogP contribution in [0.25, 0.3) is 0 Å². The summed E-state index contributed by atoms with van der Waals surface area (Å²) in [6.07, 6.45) is 3.72. The number of unbranched alkanes of at least 4 members (excludes halogenated alkanes) is 2. The molecular weight excluding hydrogens is 662 g/mol. The first kappa shape index (κ1) is 42.2. The normalized spacial score (nSPS) is 15.2. The number of hydrogen-bond acceptors (Lipinski definition) is 9. The minimum absolute atomic E-state index is 0.0735. The number of primary amides is 1. The largest absolute Gasteiger partial charge is 0.460 e. The standard InChI is InChI=1S/C35H53N7O9/c1-22(2)30(41-26(43)11-7-6-8-18-37-27(44)20-42-28(45)16-17-29(42)46)32(48)40-25(10-9-19-38-34(36)50)31(47)39-24-14-12-23(13-15-24)21-51-33(49)35(3,4)5/h12-17,22,25,28,30,45H,6-11,18-21H2,1-5H3,(H,37,44)(H,39,47)(H,40,48)(H,41,43)(H3,36,38,50)/t25-,28?,30-/m0/s1. The molecular formula is C35H53N7O9. The molecule has 0 radical (unpaired) electrons. The molecule has 8 N–H and O–H groups in total. The number of urea groups is 1. The van der Waals surface area contributed by atoms with Crippen LogP contribution in [0.3, 0.4) is 0 Å². The van der Waals surface area contributed by atoms with Gasteiger partial charge in [-0.1, -0.05) is 32.4 Å². The number of anilines is 1. The Morgan fingerprint density at radius 3 is 2.16 bits per heavy atom. The highest BCUT2D eigenvalue weighted by Crippen LogP contribution is 2.18. The number of aliphatic hydroxyl groups excluding tert-OH is 1. The van der Waals surface area contributed by atoms with Gasteiger partial charge in [-0.05, 0) is 76.1 Å². The van der Waals surface area contributed by atoms with Crippen LogP contribution in [-0.4, -0.2) is 89.5 Å². The first-order chi connectivity index (χ1) is 24.0. The maximum atomic E-state index is 13.4. The molecule has 1 aliphatic rings. The van der Waals surface area contributed by atoms with Crippen LogP contribution in [0.1, 0.15) is 78.7 Å². The van der Waals surface area contributed by atoms with Crippen LogP contribution in [0.5, 0.6) is 0 Å². The lowest BCUT2D eigenvalue weighted by molar-refractivity contribution is -0.154. The number of nitrogens with zero attached hydrogens (tertiary/aromatic N) is 1. The Bertz CT molecular complexity index is 1410. The molecule has 2 rings (SSSR count). The number of carbonyl (C=O) groups is 7. The molecule has 51 heavy (non-hydrogen) atoms. The third-order valence-electron chi connectivity index (χ3n) is 7.80. The van der Waals surface area contributed by atoms with Crippen LogP contribution in [0.15, 0.2) is 36.4 Å². The Balaban J connectivity index is 1.88. The van der Waals surface area contributed by atoms with Crippen LogP contribution in [-0.2, 0) is 40.1 Å². The Morgan fingerprint density at radius 2 is 1.57 bits per heavy atom. The van der Waals surface area contributed by atoms with Crippen LogP contribution < -0.4 is 32.3 Å². The predicted molar refractivity (Wildman–Crippen MR) is 188 cm³/mol. The van der Waals surface area contributed by atoms with Crippen LogP contribution >= 0.6 is 0 Å². The van der Waals surface area contributed by atoms with Gasteiger partial charge >= 0.3 is 12.0 Å². The van der Waals surface area contributed by atoms with E-state index in [0.29, 0.717) is 37.9 Å². The van der Waals surface area contributed by atoms with Crippen molar-refractivity contribution in [3.05, 3.63) is 42.0 Å². The van der Waals surface area contributed by atoms with Crippen molar-refractivity contribution in [1.82, 2.24) is 26.2 Å². The van der Waals surface area contributed by atoms with Crippen molar-refractivity contribution in [1.29, 1.82) is 0 Å². The molecule has 1 aliphatic heterocycles. The smallest absolute Gasteiger partial charge is 0.312 e. The Hall–Kier alpha value is -4.99. The summed E-state index contributed by atoms with van der Waals surface area (Å²) in [5, 5.41) is 23.1. The number of benzene rings is 1. The van der Waals surface area contributed by atoms with Gasteiger partial charge in [0.1, 0.15) is 31.5 Å². The van der Waals surface area contributed by atoms with E-state index in [0.717, 1.165) is 10.5 Å². The molecule has 0 spiro atoms. The van der Waals surface area contributed by atoms with E-state index in [2.05, 4.69) is 26.6 Å². The zero-order chi connectivity index (χ0) is 38.1. The Morgan fingerprint density at radius 1 is 0.902 bits per heavy atom. The van der Waals surface area contributed by atoms with Crippen molar-refractivity contribution in [3.63, 3.8) is 0 Å².